The van der Waals surface area contributed by atoms with Gasteiger partial charge in [-0.2, -0.15) is 0 Å². The van der Waals surface area contributed by atoms with Gasteiger partial charge in [-0.15, -0.1) is 11.3 Å². The van der Waals surface area contributed by atoms with Crippen LogP contribution in [-0.2, 0) is 4.79 Å². The monoisotopic (exact) mass is 396 g/mol. The van der Waals surface area contributed by atoms with Gasteiger partial charge in [0, 0.05) is 11.6 Å². The predicted octanol–water partition coefficient (Wildman–Crippen LogP) is 4.31. The lowest BCUT2D eigenvalue weighted by atomic mass is 9.84. The Morgan fingerprint density at radius 3 is 2.86 bits per heavy atom. The number of aryl methyl sites for hydroxylation is 1. The number of carbonyl (C=O) groups is 1. The molecule has 0 bridgehead atoms. The Bertz CT molecular complexity index is 1020. The number of thiazole rings is 1. The number of nitrogens with zero attached hydrogens (tertiary/aromatic N) is 3. The summed E-state index contributed by atoms with van der Waals surface area (Å²) < 4.78 is 1.51. The molecule has 0 unspecified atom stereocenters. The molecule has 7 heteroatoms. The molecule has 28 heavy (non-hydrogen) atoms. The van der Waals surface area contributed by atoms with Crippen molar-refractivity contribution in [3.8, 4) is 0 Å². The number of hydrogen-bond acceptors (Lipinski definition) is 5. The van der Waals surface area contributed by atoms with E-state index < -0.39 is 6.04 Å². The molecule has 0 radical (unpaired) electrons. The standard InChI is InChI=1S/C21H24N4O2S/c1-14-7-8-17-16(11-14)20(27)25(13-23-17)18(12-15-5-3-2-4-6-15)19(26)24-21-22-9-10-28-21/h7-11,13,15,18H,2-6,12H2,1H3,(H,22,24,26)/t18-/m0/s1. The molecular formula is C21H24N4O2S. The van der Waals surface area contributed by atoms with Gasteiger partial charge in [0.05, 0.1) is 17.2 Å². The van der Waals surface area contributed by atoms with Gasteiger partial charge in [0.15, 0.2) is 5.13 Å². The van der Waals surface area contributed by atoms with Crippen molar-refractivity contribution in [2.24, 2.45) is 5.92 Å². The summed E-state index contributed by atoms with van der Waals surface area (Å²) in [4.78, 5) is 34.9. The van der Waals surface area contributed by atoms with Gasteiger partial charge in [-0.1, -0.05) is 43.7 Å². The van der Waals surface area contributed by atoms with Crippen LogP contribution in [0, 0.1) is 12.8 Å². The van der Waals surface area contributed by atoms with Crippen molar-refractivity contribution in [1.29, 1.82) is 0 Å². The zero-order chi connectivity index (χ0) is 19.5. The molecule has 1 N–H and O–H groups in total. The molecule has 1 saturated carbocycles. The first-order valence-electron chi connectivity index (χ1n) is 9.79. The molecule has 0 aliphatic heterocycles. The number of benzene rings is 1. The summed E-state index contributed by atoms with van der Waals surface area (Å²) in [5, 5.41) is 5.80. The number of aromatic nitrogens is 3. The molecule has 1 amide bonds. The minimum absolute atomic E-state index is 0.163. The lowest BCUT2D eigenvalue weighted by Crippen LogP contribution is -2.35. The Hall–Kier alpha value is -2.54. The van der Waals surface area contributed by atoms with Crippen molar-refractivity contribution in [2.45, 2.75) is 51.5 Å². The molecule has 3 aromatic rings. The highest BCUT2D eigenvalue weighted by atomic mass is 32.1. The average Bonchev–Trinajstić information content (AvgIpc) is 3.21. The molecule has 1 atom stereocenters. The second kappa shape index (κ2) is 8.22. The van der Waals surface area contributed by atoms with Crippen LogP contribution in [-0.4, -0.2) is 20.4 Å². The Labute approximate surface area is 167 Å². The summed E-state index contributed by atoms with van der Waals surface area (Å²) in [5.74, 6) is 0.248. The molecule has 0 saturated heterocycles. The van der Waals surface area contributed by atoms with Crippen LogP contribution in [0.25, 0.3) is 10.9 Å². The van der Waals surface area contributed by atoms with Crippen molar-refractivity contribution in [3.63, 3.8) is 0 Å². The van der Waals surface area contributed by atoms with Gasteiger partial charge in [-0.05, 0) is 31.4 Å². The number of nitrogens with one attached hydrogen (secondary N) is 1. The lowest BCUT2D eigenvalue weighted by Gasteiger charge is -2.27. The van der Waals surface area contributed by atoms with E-state index >= 15 is 0 Å². The fourth-order valence-corrected chi connectivity index (χ4v) is 4.56. The molecule has 146 valence electrons. The molecule has 6 nitrogen and oxygen atoms in total. The SMILES string of the molecule is Cc1ccc2ncn([C@@H](CC3CCCCC3)C(=O)Nc3nccs3)c(=O)c2c1. The van der Waals surface area contributed by atoms with E-state index in [-0.39, 0.29) is 11.5 Å². The maximum absolute atomic E-state index is 13.2. The van der Waals surface area contributed by atoms with Crippen LogP contribution >= 0.6 is 11.3 Å². The van der Waals surface area contributed by atoms with E-state index in [9.17, 15) is 9.59 Å². The van der Waals surface area contributed by atoms with Crippen LogP contribution in [0.5, 0.6) is 0 Å². The molecule has 0 spiro atoms. The third kappa shape index (κ3) is 3.99. The van der Waals surface area contributed by atoms with Crippen molar-refractivity contribution in [1.82, 2.24) is 14.5 Å². The van der Waals surface area contributed by atoms with Gasteiger partial charge in [-0.3, -0.25) is 14.2 Å². The van der Waals surface area contributed by atoms with Crippen molar-refractivity contribution < 1.29 is 4.79 Å². The summed E-state index contributed by atoms with van der Waals surface area (Å²) in [6, 6.07) is 5.05. The summed E-state index contributed by atoms with van der Waals surface area (Å²) in [6.07, 6.45) is 9.67. The predicted molar refractivity (Wildman–Crippen MR) is 112 cm³/mol. The third-order valence-corrected chi connectivity index (χ3v) is 6.21. The van der Waals surface area contributed by atoms with E-state index in [2.05, 4.69) is 15.3 Å². The number of carbonyl (C=O) groups excluding carboxylic acids is 1. The quantitative estimate of drug-likeness (QED) is 0.697. The van der Waals surface area contributed by atoms with Crippen LogP contribution in [0.15, 0.2) is 40.9 Å². The number of fused-ring (bicyclic) bond motifs is 1. The second-order valence-electron chi connectivity index (χ2n) is 7.56. The molecule has 1 aliphatic carbocycles. The van der Waals surface area contributed by atoms with Crippen LogP contribution < -0.4 is 10.9 Å². The molecule has 1 aliphatic rings. The van der Waals surface area contributed by atoms with E-state index in [1.165, 1.54) is 41.5 Å². The molecule has 2 aromatic heterocycles. The van der Waals surface area contributed by atoms with Gasteiger partial charge in [0.2, 0.25) is 5.91 Å². The fourth-order valence-electron chi connectivity index (χ4n) is 4.03. The first kappa shape index (κ1) is 18.8. The number of hydrogen-bond donors (Lipinski definition) is 1. The van der Waals surface area contributed by atoms with Gasteiger partial charge >= 0.3 is 0 Å². The minimum atomic E-state index is -0.586. The fraction of sp³-hybridized carbons (Fsp3) is 0.429. The van der Waals surface area contributed by atoms with Crippen molar-refractivity contribution in [3.05, 3.63) is 52.0 Å². The summed E-state index contributed by atoms with van der Waals surface area (Å²) in [6.45, 7) is 1.95. The third-order valence-electron chi connectivity index (χ3n) is 5.52. The molecule has 4 rings (SSSR count). The Kier molecular flexibility index (Phi) is 5.52. The molecule has 1 fully saturated rings. The Morgan fingerprint density at radius 1 is 1.29 bits per heavy atom. The highest BCUT2D eigenvalue weighted by molar-refractivity contribution is 7.13. The lowest BCUT2D eigenvalue weighted by molar-refractivity contribution is -0.120. The summed E-state index contributed by atoms with van der Waals surface area (Å²) in [7, 11) is 0. The van der Waals surface area contributed by atoms with Crippen LogP contribution in [0.1, 0.15) is 50.1 Å². The van der Waals surface area contributed by atoms with Crippen LogP contribution in [0.3, 0.4) is 0 Å². The van der Waals surface area contributed by atoms with Crippen LogP contribution in [0.4, 0.5) is 5.13 Å². The highest BCUT2D eigenvalue weighted by Crippen LogP contribution is 2.31. The molecular weight excluding hydrogens is 372 g/mol. The maximum Gasteiger partial charge on any atom is 0.261 e. The van der Waals surface area contributed by atoms with Gasteiger partial charge < -0.3 is 5.32 Å². The van der Waals surface area contributed by atoms with Gasteiger partial charge in [-0.25, -0.2) is 9.97 Å². The molecule has 1 aromatic carbocycles. The Balaban J connectivity index is 1.71. The Morgan fingerprint density at radius 2 is 2.11 bits per heavy atom. The first-order valence-corrected chi connectivity index (χ1v) is 10.7. The van der Waals surface area contributed by atoms with E-state index in [0.29, 0.717) is 28.4 Å². The number of rotatable bonds is 5. The maximum atomic E-state index is 13.2. The molecule has 2 heterocycles. The van der Waals surface area contributed by atoms with Crippen molar-refractivity contribution >= 4 is 33.3 Å². The minimum Gasteiger partial charge on any atom is -0.300 e. The van der Waals surface area contributed by atoms with E-state index in [0.717, 1.165) is 18.4 Å². The smallest absolute Gasteiger partial charge is 0.261 e. The van der Waals surface area contributed by atoms with E-state index in [1.807, 2.05) is 30.5 Å². The number of amides is 1. The van der Waals surface area contributed by atoms with Gasteiger partial charge in [0.1, 0.15) is 6.04 Å². The highest BCUT2D eigenvalue weighted by Gasteiger charge is 2.28. The largest absolute Gasteiger partial charge is 0.300 e. The second-order valence-corrected chi connectivity index (χ2v) is 8.45. The normalized spacial score (nSPS) is 16.2. The average molecular weight is 397 g/mol. The van der Waals surface area contributed by atoms with Crippen molar-refractivity contribution in [2.75, 3.05) is 5.32 Å². The topological polar surface area (TPSA) is 76.9 Å². The zero-order valence-electron chi connectivity index (χ0n) is 15.9. The zero-order valence-corrected chi connectivity index (χ0v) is 16.7. The van der Waals surface area contributed by atoms with E-state index in [4.69, 9.17) is 0 Å². The van der Waals surface area contributed by atoms with E-state index in [1.54, 1.807) is 6.20 Å². The van der Waals surface area contributed by atoms with Gasteiger partial charge in [0.25, 0.3) is 5.56 Å². The first-order chi connectivity index (χ1) is 13.6. The number of anilines is 1. The summed E-state index contributed by atoms with van der Waals surface area (Å²) >= 11 is 1.37. The van der Waals surface area contributed by atoms with Crippen LogP contribution in [0.2, 0.25) is 0 Å². The summed E-state index contributed by atoms with van der Waals surface area (Å²) in [5.41, 5.74) is 1.49.